The molecule has 0 aromatic carbocycles. The Morgan fingerprint density at radius 1 is 1.45 bits per heavy atom. The molecule has 1 aliphatic carbocycles. The lowest BCUT2D eigenvalue weighted by Crippen LogP contribution is -2.02. The molecule has 0 radical (unpaired) electrons. The van der Waals surface area contributed by atoms with Crippen LogP contribution in [0, 0.1) is 5.92 Å². The minimum Gasteiger partial charge on any atom is -0.309 e. The van der Waals surface area contributed by atoms with Crippen LogP contribution in [0.5, 0.6) is 0 Å². The second-order valence-electron chi connectivity index (χ2n) is 2.83. The Bertz CT molecular complexity index is 136. The van der Waals surface area contributed by atoms with Crippen LogP contribution in [0.3, 0.4) is 0 Å². The summed E-state index contributed by atoms with van der Waals surface area (Å²) in [6.45, 7) is 0.537. The van der Waals surface area contributed by atoms with E-state index in [1.807, 2.05) is 0 Å². The van der Waals surface area contributed by atoms with Gasteiger partial charge in [0.05, 0.1) is 6.61 Å². The van der Waals surface area contributed by atoms with Crippen molar-refractivity contribution in [3.63, 3.8) is 0 Å². The molecule has 66 valence electrons. The van der Waals surface area contributed by atoms with E-state index in [2.05, 4.69) is 10.5 Å². The maximum absolute atomic E-state index is 10.6. The molecule has 1 saturated carbocycles. The maximum atomic E-state index is 10.6. The fourth-order valence-corrected chi connectivity index (χ4v) is 1.84. The van der Waals surface area contributed by atoms with Gasteiger partial charge in [-0.25, -0.2) is 10.5 Å². The van der Waals surface area contributed by atoms with Crippen molar-refractivity contribution in [3.8, 4) is 0 Å². The summed E-state index contributed by atoms with van der Waals surface area (Å²) < 4.78 is 19.5. The monoisotopic (exact) mass is 179 g/mol. The molecule has 1 unspecified atom stereocenters. The molecule has 11 heavy (non-hydrogen) atoms. The average molecular weight is 179 g/mol. The highest BCUT2D eigenvalue weighted by Crippen LogP contribution is 2.29. The first-order valence-electron chi connectivity index (χ1n) is 3.86. The van der Waals surface area contributed by atoms with Crippen molar-refractivity contribution in [2.24, 2.45) is 11.8 Å². The van der Waals surface area contributed by atoms with Crippen molar-refractivity contribution in [2.45, 2.75) is 25.7 Å². The molecule has 0 spiro atoms. The lowest BCUT2D eigenvalue weighted by Gasteiger charge is -2.07. The largest absolute Gasteiger partial charge is 0.335 e. The predicted octanol–water partition coefficient (Wildman–Crippen LogP) is 1.47. The summed E-state index contributed by atoms with van der Waals surface area (Å²) >= 11 is 0. The van der Waals surface area contributed by atoms with Crippen molar-refractivity contribution in [2.75, 3.05) is 6.61 Å². The van der Waals surface area contributed by atoms with Gasteiger partial charge in [-0.1, -0.05) is 12.8 Å². The van der Waals surface area contributed by atoms with Gasteiger partial charge in [0.2, 0.25) is 0 Å². The summed E-state index contributed by atoms with van der Waals surface area (Å²) in [6.07, 6.45) is 4.89. The van der Waals surface area contributed by atoms with Gasteiger partial charge in [0.25, 0.3) is 0 Å². The molecule has 0 aromatic heterocycles. The average Bonchev–Trinajstić information content (AvgIpc) is 2.52. The topological polar surface area (TPSA) is 61.5 Å². The molecule has 4 nitrogen and oxygen atoms in total. The minimum atomic E-state index is -2.39. The van der Waals surface area contributed by atoms with Gasteiger partial charge >= 0.3 is 8.25 Å². The first-order chi connectivity index (χ1) is 5.33. The highest BCUT2D eigenvalue weighted by Gasteiger charge is 2.15. The van der Waals surface area contributed by atoms with Crippen LogP contribution >= 0.6 is 8.25 Å². The Kier molecular flexibility index (Phi) is 4.08. The van der Waals surface area contributed by atoms with Gasteiger partial charge in [-0.05, 0) is 18.8 Å². The van der Waals surface area contributed by atoms with Gasteiger partial charge in [0.1, 0.15) is 0 Å². The highest BCUT2D eigenvalue weighted by atomic mass is 31.1. The van der Waals surface area contributed by atoms with E-state index in [4.69, 9.17) is 4.52 Å². The molecule has 0 saturated heterocycles. The normalized spacial score (nSPS) is 22.3. The van der Waals surface area contributed by atoms with Gasteiger partial charge in [0, 0.05) is 0 Å². The van der Waals surface area contributed by atoms with Crippen molar-refractivity contribution >= 4 is 8.25 Å². The molecule has 0 bridgehead atoms. The minimum absolute atomic E-state index is 0.537. The predicted molar refractivity (Wildman–Crippen MR) is 42.2 cm³/mol. The summed E-state index contributed by atoms with van der Waals surface area (Å²) in [5.74, 6) is 5.23. The highest BCUT2D eigenvalue weighted by molar-refractivity contribution is 7.33. The summed E-state index contributed by atoms with van der Waals surface area (Å²) in [6, 6.07) is 0. The fraction of sp³-hybridized carbons (Fsp3) is 1.00. The smallest absolute Gasteiger partial charge is 0.309 e. The molecule has 1 aliphatic rings. The number of nitrogens with two attached hydrogens (primary N) is 1. The van der Waals surface area contributed by atoms with Crippen LogP contribution in [-0.2, 0) is 13.7 Å². The van der Waals surface area contributed by atoms with Crippen LogP contribution in [0.1, 0.15) is 25.7 Å². The Morgan fingerprint density at radius 2 is 2.09 bits per heavy atom. The molecule has 5 heteroatoms. The van der Waals surface area contributed by atoms with Crippen LogP contribution in [0.4, 0.5) is 0 Å². The molecule has 0 aliphatic heterocycles. The third-order valence-corrected chi connectivity index (χ3v) is 2.60. The maximum Gasteiger partial charge on any atom is 0.335 e. The van der Waals surface area contributed by atoms with Crippen LogP contribution in [0.25, 0.3) is 0 Å². The van der Waals surface area contributed by atoms with Crippen molar-refractivity contribution in [1.82, 2.24) is 0 Å². The Labute approximate surface area is 67.0 Å². The Hall–Kier alpha value is 0.110. The SMILES string of the molecule is NO[PH](=O)OCC1CCCC1. The summed E-state index contributed by atoms with van der Waals surface area (Å²) in [5, 5.41) is 0. The van der Waals surface area contributed by atoms with Gasteiger partial charge < -0.3 is 4.52 Å². The van der Waals surface area contributed by atoms with Crippen LogP contribution in [0.2, 0.25) is 0 Å². The second-order valence-corrected chi connectivity index (χ2v) is 3.85. The number of hydrogen-bond acceptors (Lipinski definition) is 4. The zero-order valence-electron chi connectivity index (χ0n) is 6.41. The van der Waals surface area contributed by atoms with Gasteiger partial charge in [-0.2, -0.15) is 0 Å². The summed E-state index contributed by atoms with van der Waals surface area (Å²) in [7, 11) is -2.39. The Balaban J connectivity index is 2.06. The second kappa shape index (κ2) is 4.88. The zero-order valence-corrected chi connectivity index (χ0v) is 7.41. The van der Waals surface area contributed by atoms with E-state index < -0.39 is 8.25 Å². The van der Waals surface area contributed by atoms with Crippen LogP contribution < -0.4 is 5.90 Å². The van der Waals surface area contributed by atoms with E-state index >= 15 is 0 Å². The first-order valence-corrected chi connectivity index (χ1v) is 5.09. The number of hydrogen-bond donors (Lipinski definition) is 1. The van der Waals surface area contributed by atoms with E-state index in [1.54, 1.807) is 0 Å². The van der Waals surface area contributed by atoms with Crippen molar-refractivity contribution in [1.29, 1.82) is 0 Å². The fourth-order valence-electron chi connectivity index (χ4n) is 1.40. The summed E-state index contributed by atoms with van der Waals surface area (Å²) in [5.41, 5.74) is 0. The van der Waals surface area contributed by atoms with Crippen molar-refractivity contribution in [3.05, 3.63) is 0 Å². The molecule has 1 rings (SSSR count). The quantitative estimate of drug-likeness (QED) is 0.524. The molecule has 2 N–H and O–H groups in total. The Morgan fingerprint density at radius 3 is 2.64 bits per heavy atom. The van der Waals surface area contributed by atoms with E-state index in [-0.39, 0.29) is 0 Å². The first kappa shape index (κ1) is 9.20. The van der Waals surface area contributed by atoms with Crippen LogP contribution in [-0.4, -0.2) is 6.61 Å². The summed E-state index contributed by atoms with van der Waals surface area (Å²) in [4.78, 5) is 0. The van der Waals surface area contributed by atoms with Crippen molar-refractivity contribution < 1.29 is 13.7 Å². The van der Waals surface area contributed by atoms with E-state index in [9.17, 15) is 4.57 Å². The third-order valence-electron chi connectivity index (χ3n) is 2.01. The third kappa shape index (κ3) is 3.34. The van der Waals surface area contributed by atoms with E-state index in [0.29, 0.717) is 12.5 Å². The molecular weight excluding hydrogens is 165 g/mol. The molecule has 1 atom stereocenters. The standard InChI is InChI=1S/C6H14NO3P/c7-10-11(8)9-5-6-3-1-2-4-6/h6,11H,1-5,7H2. The molecule has 0 amide bonds. The molecule has 0 heterocycles. The molecule has 0 aromatic rings. The van der Waals surface area contributed by atoms with Gasteiger partial charge in [-0.3, -0.25) is 4.57 Å². The zero-order chi connectivity index (χ0) is 8.10. The lowest BCUT2D eigenvalue weighted by atomic mass is 10.1. The van der Waals surface area contributed by atoms with Gasteiger partial charge in [0.15, 0.2) is 0 Å². The molecule has 1 fully saturated rings. The number of rotatable bonds is 4. The van der Waals surface area contributed by atoms with E-state index in [1.165, 1.54) is 25.7 Å². The van der Waals surface area contributed by atoms with Gasteiger partial charge in [-0.15, -0.1) is 0 Å². The van der Waals surface area contributed by atoms with Crippen LogP contribution in [0.15, 0.2) is 0 Å². The van der Waals surface area contributed by atoms with E-state index in [0.717, 1.165) is 0 Å². The lowest BCUT2D eigenvalue weighted by molar-refractivity contribution is 0.200. The molecular formula is C6H14NO3P.